The lowest BCUT2D eigenvalue weighted by molar-refractivity contribution is -0.0327. The van der Waals surface area contributed by atoms with Gasteiger partial charge in [-0.1, -0.05) is 12.0 Å². The minimum atomic E-state index is -4.56. The van der Waals surface area contributed by atoms with Crippen LogP contribution >= 0.6 is 11.8 Å². The Bertz CT molecular complexity index is 1500. The summed E-state index contributed by atoms with van der Waals surface area (Å²) < 4.78 is 62.3. The maximum Gasteiger partial charge on any atom is 0.446 e. The Morgan fingerprint density at radius 3 is 2.77 bits per heavy atom. The molecule has 8 nitrogen and oxygen atoms in total. The highest BCUT2D eigenvalue weighted by Gasteiger charge is 2.63. The van der Waals surface area contributed by atoms with Crippen molar-refractivity contribution in [3.63, 3.8) is 0 Å². The van der Waals surface area contributed by atoms with E-state index in [-0.39, 0.29) is 52.8 Å². The number of carbonyl (C=O) groups excluding carboxylic acids is 1. The van der Waals surface area contributed by atoms with Gasteiger partial charge in [0, 0.05) is 25.7 Å². The predicted molar refractivity (Wildman–Crippen MR) is 146 cm³/mol. The number of hydrogen-bond acceptors (Lipinski definition) is 7. The van der Waals surface area contributed by atoms with Crippen molar-refractivity contribution >= 4 is 34.7 Å². The van der Waals surface area contributed by atoms with Crippen molar-refractivity contribution in [2.24, 2.45) is 5.92 Å². The number of rotatable bonds is 7. The minimum absolute atomic E-state index is 0.0461. The lowest BCUT2D eigenvalue weighted by Crippen LogP contribution is -2.48. The second-order valence-electron chi connectivity index (χ2n) is 9.84. The molecule has 13 heteroatoms. The summed E-state index contributed by atoms with van der Waals surface area (Å²) in [7, 11) is 4.87. The van der Waals surface area contributed by atoms with Crippen molar-refractivity contribution < 1.29 is 27.1 Å². The molecule has 3 heterocycles. The zero-order valence-corrected chi connectivity index (χ0v) is 22.8. The summed E-state index contributed by atoms with van der Waals surface area (Å²) in [5.41, 5.74) is -4.23. The van der Waals surface area contributed by atoms with Gasteiger partial charge in [-0.3, -0.25) is 4.79 Å². The number of nitrogens with one attached hydrogen (secondary N) is 3. The minimum Gasteiger partial charge on any atom is -0.495 e. The molecule has 1 amide bonds. The van der Waals surface area contributed by atoms with Crippen LogP contribution in [0.4, 0.5) is 29.1 Å². The van der Waals surface area contributed by atoms with Crippen LogP contribution in [0, 0.1) is 17.8 Å². The summed E-state index contributed by atoms with van der Waals surface area (Å²) in [5.74, 6) is 6.29. The number of methoxy groups -OCH3 is 1. The molecule has 0 spiro atoms. The van der Waals surface area contributed by atoms with Crippen molar-refractivity contribution in [3.8, 4) is 17.6 Å². The van der Waals surface area contributed by atoms with Crippen molar-refractivity contribution in [2.75, 3.05) is 51.5 Å². The van der Waals surface area contributed by atoms with Crippen LogP contribution in [-0.4, -0.2) is 78.5 Å². The number of piperidine rings is 1. The first-order valence-corrected chi connectivity index (χ1v) is 13.4. The Kier molecular flexibility index (Phi) is 7.50. The average Bonchev–Trinajstić information content (AvgIpc) is 3.51. The Morgan fingerprint density at radius 1 is 1.27 bits per heavy atom. The second kappa shape index (κ2) is 10.7. The lowest BCUT2D eigenvalue weighted by Gasteiger charge is -2.33. The number of amides is 1. The first kappa shape index (κ1) is 27.9. The maximum absolute atomic E-state index is 15.1. The van der Waals surface area contributed by atoms with Gasteiger partial charge in [0.05, 0.1) is 35.3 Å². The molecule has 1 saturated carbocycles. The molecule has 40 heavy (non-hydrogen) atoms. The molecule has 2 aromatic heterocycles. The first-order valence-electron chi connectivity index (χ1n) is 12.6. The molecule has 5 rings (SSSR count). The van der Waals surface area contributed by atoms with E-state index in [0.29, 0.717) is 29.2 Å². The molecule has 2 fully saturated rings. The van der Waals surface area contributed by atoms with Crippen LogP contribution in [0.25, 0.3) is 5.52 Å². The van der Waals surface area contributed by atoms with Crippen molar-refractivity contribution in [2.45, 2.75) is 28.5 Å². The van der Waals surface area contributed by atoms with E-state index in [4.69, 9.17) is 4.74 Å². The third kappa shape index (κ3) is 5.51. The lowest BCUT2D eigenvalue weighted by atomic mass is 10.0. The van der Waals surface area contributed by atoms with Crippen LogP contribution < -0.4 is 20.7 Å². The van der Waals surface area contributed by atoms with Gasteiger partial charge in [0.15, 0.2) is 0 Å². The molecule has 212 valence electrons. The van der Waals surface area contributed by atoms with Crippen molar-refractivity contribution in [1.29, 1.82) is 0 Å². The van der Waals surface area contributed by atoms with Crippen LogP contribution in [-0.2, 0) is 0 Å². The van der Waals surface area contributed by atoms with Crippen LogP contribution in [0.1, 0.15) is 22.5 Å². The van der Waals surface area contributed by atoms with E-state index in [0.717, 1.165) is 6.54 Å². The molecule has 2 aliphatic rings. The normalized spacial score (nSPS) is 22.2. The van der Waals surface area contributed by atoms with Gasteiger partial charge in [-0.25, -0.2) is 8.91 Å². The zero-order chi connectivity index (χ0) is 28.7. The van der Waals surface area contributed by atoms with Crippen LogP contribution in [0.15, 0.2) is 41.3 Å². The van der Waals surface area contributed by atoms with Crippen LogP contribution in [0.5, 0.6) is 5.75 Å². The number of nitrogens with zero attached hydrogens (tertiary/aromatic N) is 3. The fourth-order valence-electron chi connectivity index (χ4n) is 5.16. The highest BCUT2D eigenvalue weighted by Crippen LogP contribution is 2.53. The first-order chi connectivity index (χ1) is 19.0. The van der Waals surface area contributed by atoms with Gasteiger partial charge in [-0.2, -0.15) is 18.3 Å². The van der Waals surface area contributed by atoms with Crippen LogP contribution in [0.2, 0.25) is 0 Å². The third-order valence-electron chi connectivity index (χ3n) is 7.17. The highest BCUT2D eigenvalue weighted by molar-refractivity contribution is 8.00. The molecule has 0 unspecified atom stereocenters. The molecular weight excluding hydrogens is 548 g/mol. The number of halogens is 4. The van der Waals surface area contributed by atoms with Gasteiger partial charge in [0.25, 0.3) is 5.91 Å². The number of fused-ring (bicyclic) bond motifs is 2. The molecule has 1 saturated heterocycles. The Labute approximate surface area is 232 Å². The number of pyridine rings is 1. The standard InChI is InChI=1S/C27H28F4N6O2S/c1-32-25(38)16-9-10-21(39-3)19(12-16)33-11-5-6-18-24(40-27(29,30)31)20-7-4-8-23(37(20)35-18)34-26-13-17(26)14-36(2)15-22(26)28/h4,7-10,12,17,22,33-34H,11,13-15H2,1-3H3,(H,32,38)/t17-,22+,26+/m1/s1. The summed E-state index contributed by atoms with van der Waals surface area (Å²) in [5, 5.41) is 13.3. The number of ether oxygens (including phenoxy) is 1. The Hall–Kier alpha value is -3.63. The molecular formula is C27H28F4N6O2S. The number of alkyl halides is 4. The number of likely N-dealkylation sites (tertiary alicyclic amines) is 1. The monoisotopic (exact) mass is 576 g/mol. The molecule has 1 aliphatic carbocycles. The van der Waals surface area contributed by atoms with Crippen molar-refractivity contribution in [3.05, 3.63) is 47.7 Å². The highest BCUT2D eigenvalue weighted by atomic mass is 32.2. The topological polar surface area (TPSA) is 82.9 Å². The molecule has 1 aromatic carbocycles. The number of thioether (sulfide) groups is 1. The van der Waals surface area contributed by atoms with E-state index in [1.54, 1.807) is 30.3 Å². The number of carbonyl (C=O) groups is 1. The fourth-order valence-corrected chi connectivity index (χ4v) is 5.84. The fraction of sp³-hybridized carbons (Fsp3) is 0.407. The van der Waals surface area contributed by atoms with Crippen LogP contribution in [0.3, 0.4) is 0 Å². The molecule has 3 aromatic rings. The van der Waals surface area contributed by atoms with E-state index < -0.39 is 17.2 Å². The van der Waals surface area contributed by atoms with Gasteiger partial charge >= 0.3 is 5.51 Å². The van der Waals surface area contributed by atoms with Gasteiger partial charge in [-0.05, 0) is 67.4 Å². The van der Waals surface area contributed by atoms with E-state index in [2.05, 4.69) is 32.9 Å². The van der Waals surface area contributed by atoms with Gasteiger partial charge in [0.1, 0.15) is 23.4 Å². The molecule has 0 bridgehead atoms. The second-order valence-corrected chi connectivity index (χ2v) is 10.9. The van der Waals surface area contributed by atoms with Gasteiger partial charge < -0.3 is 25.6 Å². The number of benzene rings is 1. The Balaban J connectivity index is 1.43. The predicted octanol–water partition coefficient (Wildman–Crippen LogP) is 4.23. The third-order valence-corrected chi connectivity index (χ3v) is 8.01. The smallest absolute Gasteiger partial charge is 0.446 e. The summed E-state index contributed by atoms with van der Waals surface area (Å²) in [4.78, 5) is 13.8. The Morgan fingerprint density at radius 2 is 2.08 bits per heavy atom. The van der Waals surface area contributed by atoms with E-state index in [9.17, 15) is 18.0 Å². The SMILES string of the molecule is CNC(=O)c1ccc(OC)c(NCC#Cc2nn3c(N[C@@]45C[C@@H]4CN(C)C[C@@H]5F)cccc3c2SC(F)(F)F)c1. The summed E-state index contributed by atoms with van der Waals surface area (Å²) in [6, 6.07) is 9.68. The number of anilines is 2. The maximum atomic E-state index is 15.1. The van der Waals surface area contributed by atoms with E-state index in [1.807, 2.05) is 11.9 Å². The summed E-state index contributed by atoms with van der Waals surface area (Å²) in [6.45, 7) is 1.08. The average molecular weight is 577 g/mol. The number of hydrogen-bond donors (Lipinski definition) is 3. The summed E-state index contributed by atoms with van der Waals surface area (Å²) in [6.07, 6.45) is -0.473. The molecule has 3 N–H and O–H groups in total. The summed E-state index contributed by atoms with van der Waals surface area (Å²) >= 11 is -0.282. The zero-order valence-electron chi connectivity index (χ0n) is 22.0. The molecule has 3 atom stereocenters. The van der Waals surface area contributed by atoms with Gasteiger partial charge in [0.2, 0.25) is 0 Å². The largest absolute Gasteiger partial charge is 0.495 e. The van der Waals surface area contributed by atoms with E-state index >= 15 is 4.39 Å². The van der Waals surface area contributed by atoms with Gasteiger partial charge in [-0.15, -0.1) is 0 Å². The molecule has 0 radical (unpaired) electrons. The van der Waals surface area contributed by atoms with E-state index in [1.165, 1.54) is 24.7 Å². The number of aromatic nitrogens is 2. The molecule has 1 aliphatic heterocycles. The quantitative estimate of drug-likeness (QED) is 0.221. The van der Waals surface area contributed by atoms with Crippen molar-refractivity contribution in [1.82, 2.24) is 19.8 Å².